The minimum Gasteiger partial charge on any atom is -0.316 e. The summed E-state index contributed by atoms with van der Waals surface area (Å²) in [5.41, 5.74) is -1.17. The molecule has 29 heavy (non-hydrogen) atoms. The van der Waals surface area contributed by atoms with E-state index in [4.69, 9.17) is 0 Å². The highest BCUT2D eigenvalue weighted by molar-refractivity contribution is 6.04. The summed E-state index contributed by atoms with van der Waals surface area (Å²) in [6, 6.07) is 12.2. The smallest absolute Gasteiger partial charge is 0.316 e. The molecule has 1 N–H and O–H groups in total. The molecule has 3 aromatic rings. The number of carbonyl (C=O) groups is 2. The third kappa shape index (κ3) is 4.40. The van der Waals surface area contributed by atoms with Gasteiger partial charge in [-0.3, -0.25) is 14.2 Å². The van der Waals surface area contributed by atoms with Gasteiger partial charge in [-0.05, 0) is 24.3 Å². The molecule has 9 heteroatoms. The molecule has 0 aliphatic heterocycles. The molecule has 0 aliphatic rings. The van der Waals surface area contributed by atoms with Crippen LogP contribution in [0.15, 0.2) is 65.6 Å². The highest BCUT2D eigenvalue weighted by atomic mass is 19.4. The number of rotatable bonds is 5. The lowest BCUT2D eigenvalue weighted by Crippen LogP contribution is -2.28. The van der Waals surface area contributed by atoms with Gasteiger partial charge in [0.15, 0.2) is 0 Å². The first-order chi connectivity index (χ1) is 13.8. The lowest BCUT2D eigenvalue weighted by Gasteiger charge is -2.13. The van der Waals surface area contributed by atoms with Crippen molar-refractivity contribution in [3.8, 4) is 11.4 Å². The third-order valence-corrected chi connectivity index (χ3v) is 4.06. The van der Waals surface area contributed by atoms with E-state index in [2.05, 4.69) is 10.3 Å². The maximum Gasteiger partial charge on any atom is 0.416 e. The van der Waals surface area contributed by atoms with Crippen molar-refractivity contribution in [1.82, 2.24) is 9.55 Å². The summed E-state index contributed by atoms with van der Waals surface area (Å²) in [4.78, 5) is 40.1. The molecule has 0 bridgehead atoms. The summed E-state index contributed by atoms with van der Waals surface area (Å²) in [6.45, 7) is -0.378. The van der Waals surface area contributed by atoms with Gasteiger partial charge in [-0.1, -0.05) is 30.3 Å². The van der Waals surface area contributed by atoms with E-state index in [0.29, 0.717) is 11.8 Å². The zero-order valence-electron chi connectivity index (χ0n) is 14.8. The molecule has 0 radical (unpaired) electrons. The molecular weight excluding hydrogens is 387 g/mol. The van der Waals surface area contributed by atoms with E-state index in [1.165, 1.54) is 0 Å². The number of amides is 1. The van der Waals surface area contributed by atoms with Crippen molar-refractivity contribution in [2.75, 3.05) is 5.32 Å². The average molecular weight is 401 g/mol. The van der Waals surface area contributed by atoms with Gasteiger partial charge in [0.25, 0.3) is 11.5 Å². The highest BCUT2D eigenvalue weighted by Crippen LogP contribution is 2.30. The van der Waals surface area contributed by atoms with E-state index in [0.717, 1.165) is 35.0 Å². The molecule has 1 amide bonds. The quantitative estimate of drug-likeness (QED) is 0.665. The SMILES string of the molecule is O=CCn1c(-c2ccc(C(F)(F)F)cc2)ncc(NC(=O)c2ccccc2)c1=O. The molecule has 0 spiro atoms. The molecule has 6 nitrogen and oxygen atoms in total. The van der Waals surface area contributed by atoms with Crippen molar-refractivity contribution in [2.45, 2.75) is 12.7 Å². The Morgan fingerprint density at radius 2 is 1.72 bits per heavy atom. The number of carbonyl (C=O) groups excluding carboxylic acids is 2. The van der Waals surface area contributed by atoms with Crippen molar-refractivity contribution < 1.29 is 22.8 Å². The standard InChI is InChI=1S/C20H14F3N3O3/c21-20(22,23)15-8-6-13(7-9-15)17-24-12-16(19(29)26(17)10-11-27)25-18(28)14-4-2-1-3-5-14/h1-9,11-12H,10H2,(H,25,28). The number of nitrogens with zero attached hydrogens (tertiary/aromatic N) is 2. The maximum atomic E-state index is 12.7. The van der Waals surface area contributed by atoms with Crippen molar-refractivity contribution in [2.24, 2.45) is 0 Å². The van der Waals surface area contributed by atoms with E-state index < -0.39 is 23.2 Å². The summed E-state index contributed by atoms with van der Waals surface area (Å²) >= 11 is 0. The molecule has 0 saturated carbocycles. The first-order valence-electron chi connectivity index (χ1n) is 8.39. The number of halogens is 3. The Labute approximate surface area is 162 Å². The fraction of sp³-hybridized carbons (Fsp3) is 0.100. The van der Waals surface area contributed by atoms with Gasteiger partial charge in [-0.2, -0.15) is 13.2 Å². The topological polar surface area (TPSA) is 81.1 Å². The van der Waals surface area contributed by atoms with Crippen LogP contribution >= 0.6 is 0 Å². The van der Waals surface area contributed by atoms with Crippen LogP contribution in [0.1, 0.15) is 15.9 Å². The molecule has 0 aliphatic carbocycles. The predicted molar refractivity (Wildman–Crippen MR) is 99.4 cm³/mol. The first kappa shape index (κ1) is 20.0. The summed E-state index contributed by atoms with van der Waals surface area (Å²) in [5.74, 6) is -0.530. The largest absolute Gasteiger partial charge is 0.416 e. The minimum absolute atomic E-state index is 0.00790. The van der Waals surface area contributed by atoms with Gasteiger partial charge >= 0.3 is 6.18 Å². The fourth-order valence-electron chi connectivity index (χ4n) is 2.64. The van der Waals surface area contributed by atoms with Crippen molar-refractivity contribution in [3.63, 3.8) is 0 Å². The summed E-state index contributed by atoms with van der Waals surface area (Å²) in [6.07, 6.45) is -2.93. The molecule has 3 rings (SSSR count). The molecule has 2 aromatic carbocycles. The molecule has 0 saturated heterocycles. The van der Waals surface area contributed by atoms with Crippen molar-refractivity contribution >= 4 is 17.9 Å². The van der Waals surface area contributed by atoms with Gasteiger partial charge < -0.3 is 10.1 Å². The number of hydrogen-bond donors (Lipinski definition) is 1. The predicted octanol–water partition coefficient (Wildman–Crippen LogP) is 3.38. The van der Waals surface area contributed by atoms with E-state index >= 15 is 0 Å². The lowest BCUT2D eigenvalue weighted by atomic mass is 10.1. The Balaban J connectivity index is 1.98. The molecule has 0 atom stereocenters. The summed E-state index contributed by atoms with van der Waals surface area (Å²) in [5, 5.41) is 2.43. The van der Waals surface area contributed by atoms with E-state index in [1.54, 1.807) is 30.3 Å². The van der Waals surface area contributed by atoms with Crippen molar-refractivity contribution in [1.29, 1.82) is 0 Å². The van der Waals surface area contributed by atoms with E-state index in [-0.39, 0.29) is 23.6 Å². The number of aromatic nitrogens is 2. The van der Waals surface area contributed by atoms with Gasteiger partial charge in [0, 0.05) is 11.1 Å². The number of anilines is 1. The van der Waals surface area contributed by atoms with Crippen LogP contribution in [-0.2, 0) is 17.5 Å². The Bertz CT molecular complexity index is 1090. The second-order valence-electron chi connectivity index (χ2n) is 5.97. The van der Waals surface area contributed by atoms with Crippen LogP contribution < -0.4 is 10.9 Å². The molecular formula is C20H14F3N3O3. The second-order valence-corrected chi connectivity index (χ2v) is 5.97. The second kappa shape index (κ2) is 8.09. The van der Waals surface area contributed by atoms with E-state index in [1.807, 2.05) is 0 Å². The van der Waals surface area contributed by atoms with Gasteiger partial charge in [0.05, 0.1) is 18.3 Å². The van der Waals surface area contributed by atoms with Crippen LogP contribution in [0.3, 0.4) is 0 Å². The Kier molecular flexibility index (Phi) is 5.58. The monoisotopic (exact) mass is 401 g/mol. The van der Waals surface area contributed by atoms with Gasteiger partial charge in [-0.25, -0.2) is 4.98 Å². The van der Waals surface area contributed by atoms with Crippen LogP contribution in [0.5, 0.6) is 0 Å². The third-order valence-electron chi connectivity index (χ3n) is 4.06. The van der Waals surface area contributed by atoms with Gasteiger partial charge in [0.1, 0.15) is 17.8 Å². The minimum atomic E-state index is -4.50. The molecule has 0 fully saturated rings. The van der Waals surface area contributed by atoms with Gasteiger partial charge in [0.2, 0.25) is 0 Å². The van der Waals surface area contributed by atoms with Crippen molar-refractivity contribution in [3.05, 3.63) is 82.3 Å². The highest BCUT2D eigenvalue weighted by Gasteiger charge is 2.30. The summed E-state index contributed by atoms with van der Waals surface area (Å²) < 4.78 is 39.2. The number of benzene rings is 2. The number of alkyl halides is 3. The zero-order valence-corrected chi connectivity index (χ0v) is 14.8. The first-order valence-corrected chi connectivity index (χ1v) is 8.39. The Morgan fingerprint density at radius 3 is 2.31 bits per heavy atom. The molecule has 1 heterocycles. The van der Waals surface area contributed by atoms with Gasteiger partial charge in [-0.15, -0.1) is 0 Å². The molecule has 0 unspecified atom stereocenters. The van der Waals surface area contributed by atoms with E-state index in [9.17, 15) is 27.6 Å². The molecule has 1 aromatic heterocycles. The number of nitrogens with one attached hydrogen (secondary N) is 1. The zero-order chi connectivity index (χ0) is 21.0. The van der Waals surface area contributed by atoms with Crippen LogP contribution in [0.4, 0.5) is 18.9 Å². The fourth-order valence-corrected chi connectivity index (χ4v) is 2.64. The Hall–Kier alpha value is -3.75. The average Bonchev–Trinajstić information content (AvgIpc) is 2.71. The Morgan fingerprint density at radius 1 is 1.07 bits per heavy atom. The number of aldehydes is 1. The summed E-state index contributed by atoms with van der Waals surface area (Å²) in [7, 11) is 0. The number of hydrogen-bond acceptors (Lipinski definition) is 4. The maximum absolute atomic E-state index is 12.7. The molecule has 148 valence electrons. The lowest BCUT2D eigenvalue weighted by molar-refractivity contribution is -0.137. The van der Waals surface area contributed by atoms with Crippen LogP contribution in [0.2, 0.25) is 0 Å². The van der Waals surface area contributed by atoms with Crippen LogP contribution in [0.25, 0.3) is 11.4 Å². The van der Waals surface area contributed by atoms with Crippen LogP contribution in [0, 0.1) is 0 Å². The van der Waals surface area contributed by atoms with Crippen LogP contribution in [-0.4, -0.2) is 21.7 Å². The normalized spacial score (nSPS) is 11.1.